The van der Waals surface area contributed by atoms with Crippen LogP contribution < -0.4 is 0 Å². The van der Waals surface area contributed by atoms with E-state index in [1.807, 2.05) is 6.07 Å². The summed E-state index contributed by atoms with van der Waals surface area (Å²) in [4.78, 5) is 19.1. The minimum Gasteiger partial charge on any atom is -0.258 e. The lowest BCUT2D eigenvalue weighted by Crippen LogP contribution is -1.95. The highest BCUT2D eigenvalue weighted by atomic mass is 79.9. The van der Waals surface area contributed by atoms with Crippen molar-refractivity contribution < 1.29 is 4.92 Å². The number of halogens is 3. The van der Waals surface area contributed by atoms with E-state index in [0.29, 0.717) is 11.3 Å². The van der Waals surface area contributed by atoms with Crippen LogP contribution in [0.2, 0.25) is 5.15 Å². The molecule has 9 heteroatoms. The molecule has 0 spiro atoms. The van der Waals surface area contributed by atoms with Gasteiger partial charge in [-0.2, -0.15) is 0 Å². The number of nitrogens with zero attached hydrogens (tertiary/aromatic N) is 3. The van der Waals surface area contributed by atoms with Crippen LogP contribution in [0.25, 0.3) is 22.3 Å². The largest absolute Gasteiger partial charge is 0.281 e. The summed E-state index contributed by atoms with van der Waals surface area (Å²) in [7, 11) is 0. The molecule has 21 heavy (non-hydrogen) atoms. The summed E-state index contributed by atoms with van der Waals surface area (Å²) in [6.07, 6.45) is 0. The molecule has 0 amide bonds. The Hall–Kier alpha value is -1.09. The van der Waals surface area contributed by atoms with Gasteiger partial charge in [-0.05, 0) is 44.0 Å². The maximum Gasteiger partial charge on any atom is 0.281 e. The van der Waals surface area contributed by atoms with Crippen LogP contribution in [0, 0.1) is 10.1 Å². The van der Waals surface area contributed by atoms with E-state index >= 15 is 0 Å². The van der Waals surface area contributed by atoms with Crippen molar-refractivity contribution in [2.24, 2.45) is 0 Å². The van der Waals surface area contributed by atoms with Crippen LogP contribution >= 0.6 is 54.8 Å². The fraction of sp³-hybridized carbons (Fsp3) is 0. The molecule has 0 radical (unpaired) electrons. The van der Waals surface area contributed by atoms with Gasteiger partial charge in [0.2, 0.25) is 0 Å². The van der Waals surface area contributed by atoms with E-state index in [1.165, 1.54) is 17.4 Å². The van der Waals surface area contributed by atoms with Gasteiger partial charge >= 0.3 is 0 Å². The van der Waals surface area contributed by atoms with Crippen LogP contribution in [-0.2, 0) is 0 Å². The third-order valence-corrected chi connectivity index (χ3v) is 5.36. The molecule has 0 N–H and O–H groups in total. The molecule has 0 saturated carbocycles. The van der Waals surface area contributed by atoms with Gasteiger partial charge in [-0.25, -0.2) is 9.97 Å². The summed E-state index contributed by atoms with van der Waals surface area (Å²) in [5, 5.41) is 11.4. The molecule has 3 aromatic rings. The van der Waals surface area contributed by atoms with Crippen molar-refractivity contribution in [3.05, 3.63) is 47.1 Å². The summed E-state index contributed by atoms with van der Waals surface area (Å²) >= 11 is 14.5. The number of non-ortho nitro benzene ring substituents is 1. The summed E-state index contributed by atoms with van der Waals surface area (Å²) < 4.78 is 1.78. The van der Waals surface area contributed by atoms with E-state index in [2.05, 4.69) is 41.8 Å². The smallest absolute Gasteiger partial charge is 0.258 e. The molecule has 1 aromatic carbocycles. The zero-order valence-electron chi connectivity index (χ0n) is 10.0. The van der Waals surface area contributed by atoms with Crippen molar-refractivity contribution in [1.82, 2.24) is 9.97 Å². The van der Waals surface area contributed by atoms with Gasteiger partial charge in [-0.15, -0.1) is 11.3 Å². The van der Waals surface area contributed by atoms with Gasteiger partial charge in [-0.1, -0.05) is 17.7 Å². The Balaban J connectivity index is 2.30. The van der Waals surface area contributed by atoms with Gasteiger partial charge in [-0.3, -0.25) is 10.1 Å². The maximum absolute atomic E-state index is 11.1. The minimum absolute atomic E-state index is 0.0662. The quantitative estimate of drug-likeness (QED) is 0.297. The molecule has 0 atom stereocenters. The number of hydrogen-bond acceptors (Lipinski definition) is 5. The van der Waals surface area contributed by atoms with Gasteiger partial charge in [0.15, 0.2) is 5.82 Å². The van der Waals surface area contributed by atoms with Gasteiger partial charge in [0.05, 0.1) is 18.0 Å². The SMILES string of the molecule is O=[N+]([O-])c1cccc2nc(-c3cc(Br)sc3Br)nc(Cl)c12. The van der Waals surface area contributed by atoms with Crippen molar-refractivity contribution in [2.75, 3.05) is 0 Å². The first-order valence-corrected chi connectivity index (χ1v) is 8.31. The molecule has 2 aromatic heterocycles. The van der Waals surface area contributed by atoms with E-state index in [4.69, 9.17) is 11.6 Å². The van der Waals surface area contributed by atoms with Crippen molar-refractivity contribution >= 4 is 71.4 Å². The molecule has 0 fully saturated rings. The number of rotatable bonds is 2. The molecule has 5 nitrogen and oxygen atoms in total. The normalized spacial score (nSPS) is 11.0. The summed E-state index contributed by atoms with van der Waals surface area (Å²) in [6.45, 7) is 0. The molecule has 0 saturated heterocycles. The highest BCUT2D eigenvalue weighted by Gasteiger charge is 2.19. The monoisotopic (exact) mass is 447 g/mol. The zero-order chi connectivity index (χ0) is 15.1. The summed E-state index contributed by atoms with van der Waals surface area (Å²) in [5.41, 5.74) is 1.12. The third kappa shape index (κ3) is 2.68. The molecule has 0 bridgehead atoms. The van der Waals surface area contributed by atoms with E-state index < -0.39 is 4.92 Å². The predicted molar refractivity (Wildman–Crippen MR) is 89.9 cm³/mol. The van der Waals surface area contributed by atoms with Crippen LogP contribution in [0.15, 0.2) is 31.8 Å². The van der Waals surface area contributed by atoms with Crippen molar-refractivity contribution in [2.45, 2.75) is 0 Å². The Labute approximate surface area is 144 Å². The van der Waals surface area contributed by atoms with Crippen molar-refractivity contribution in [3.63, 3.8) is 0 Å². The van der Waals surface area contributed by atoms with Crippen LogP contribution in [0.3, 0.4) is 0 Å². The van der Waals surface area contributed by atoms with E-state index in [0.717, 1.165) is 13.1 Å². The highest BCUT2D eigenvalue weighted by Crippen LogP contribution is 2.39. The second-order valence-electron chi connectivity index (χ2n) is 4.00. The zero-order valence-corrected chi connectivity index (χ0v) is 14.8. The number of nitro groups is 1. The Kier molecular flexibility index (Phi) is 3.96. The topological polar surface area (TPSA) is 68.9 Å². The van der Waals surface area contributed by atoms with Gasteiger partial charge in [0.1, 0.15) is 10.5 Å². The van der Waals surface area contributed by atoms with Crippen molar-refractivity contribution in [3.8, 4) is 11.4 Å². The Bertz CT molecular complexity index is 884. The number of hydrogen-bond donors (Lipinski definition) is 0. The molecule has 2 heterocycles. The molecule has 0 aliphatic rings. The van der Waals surface area contributed by atoms with Crippen LogP contribution in [0.5, 0.6) is 0 Å². The number of aromatic nitrogens is 2. The first-order chi connectivity index (χ1) is 9.97. The van der Waals surface area contributed by atoms with Crippen molar-refractivity contribution in [1.29, 1.82) is 0 Å². The van der Waals surface area contributed by atoms with E-state index in [9.17, 15) is 10.1 Å². The van der Waals surface area contributed by atoms with Gasteiger partial charge in [0.25, 0.3) is 5.69 Å². The highest BCUT2D eigenvalue weighted by molar-refractivity contribution is 9.12. The summed E-state index contributed by atoms with van der Waals surface area (Å²) in [6, 6.07) is 6.50. The Morgan fingerprint density at radius 1 is 1.29 bits per heavy atom. The standard InChI is InChI=1S/C12H4Br2ClN3O2S/c13-8-4-5(10(14)21-8)12-16-6-2-1-3-7(18(19)20)9(6)11(15)17-12/h1-4H. The van der Waals surface area contributed by atoms with E-state index in [-0.39, 0.29) is 16.2 Å². The maximum atomic E-state index is 11.1. The molecular formula is C12H4Br2ClN3O2S. The number of thiophene rings is 1. The van der Waals surface area contributed by atoms with Crippen LogP contribution in [0.4, 0.5) is 5.69 Å². The average molecular weight is 450 g/mol. The molecule has 0 aliphatic carbocycles. The van der Waals surface area contributed by atoms with Gasteiger partial charge < -0.3 is 0 Å². The van der Waals surface area contributed by atoms with Crippen LogP contribution in [0.1, 0.15) is 0 Å². The Morgan fingerprint density at radius 2 is 2.05 bits per heavy atom. The first-order valence-electron chi connectivity index (χ1n) is 5.53. The van der Waals surface area contributed by atoms with E-state index in [1.54, 1.807) is 12.1 Å². The lowest BCUT2D eigenvalue weighted by Gasteiger charge is -2.04. The third-order valence-electron chi connectivity index (χ3n) is 2.75. The lowest BCUT2D eigenvalue weighted by atomic mass is 10.2. The molecule has 3 rings (SSSR count). The predicted octanol–water partition coefficient (Wildman–Crippen LogP) is 5.44. The lowest BCUT2D eigenvalue weighted by molar-refractivity contribution is -0.383. The molecule has 106 valence electrons. The fourth-order valence-electron chi connectivity index (χ4n) is 1.89. The number of fused-ring (bicyclic) bond motifs is 1. The van der Waals surface area contributed by atoms with Crippen LogP contribution in [-0.4, -0.2) is 14.9 Å². The number of benzene rings is 1. The second-order valence-corrected chi connectivity index (χ2v) is 8.11. The molecular weight excluding hydrogens is 445 g/mol. The Morgan fingerprint density at radius 3 is 2.67 bits per heavy atom. The fourth-order valence-corrected chi connectivity index (χ4v) is 4.95. The first kappa shape index (κ1) is 14.8. The molecule has 0 unspecified atom stereocenters. The second kappa shape index (κ2) is 5.60. The minimum atomic E-state index is -0.492. The number of nitro benzene ring substituents is 1. The molecule has 0 aliphatic heterocycles. The van der Waals surface area contributed by atoms with Gasteiger partial charge in [0, 0.05) is 11.6 Å². The summed E-state index contributed by atoms with van der Waals surface area (Å²) in [5.74, 6) is 0.418. The average Bonchev–Trinajstić information content (AvgIpc) is 2.76.